The van der Waals surface area contributed by atoms with Gasteiger partial charge in [0.25, 0.3) is 0 Å². The van der Waals surface area contributed by atoms with E-state index in [0.717, 1.165) is 41.3 Å². The second kappa shape index (κ2) is 9.09. The maximum atomic E-state index is 11.8. The van der Waals surface area contributed by atoms with Crippen molar-refractivity contribution in [3.8, 4) is 0 Å². The summed E-state index contributed by atoms with van der Waals surface area (Å²) in [6.07, 6.45) is 12.4. The SMILES string of the molecule is Bc1c(CCCC)c2cccc(C(=O)O)c2n1CC(/C=C\C=C)=C/C=C. The molecule has 26 heavy (non-hydrogen) atoms. The first kappa shape index (κ1) is 19.6. The molecule has 0 aliphatic heterocycles. The second-order valence-corrected chi connectivity index (χ2v) is 6.33. The number of fused-ring (bicyclic) bond motifs is 1. The molecule has 0 atom stereocenters. The van der Waals surface area contributed by atoms with Crippen molar-refractivity contribution < 1.29 is 9.90 Å². The van der Waals surface area contributed by atoms with Gasteiger partial charge in [0.1, 0.15) is 0 Å². The number of aromatic nitrogens is 1. The molecule has 1 aromatic heterocycles. The molecule has 0 saturated heterocycles. The Morgan fingerprint density at radius 1 is 1.31 bits per heavy atom. The Balaban J connectivity index is 2.70. The Kier molecular flexibility index (Phi) is 6.85. The third-order valence-corrected chi connectivity index (χ3v) is 4.60. The lowest BCUT2D eigenvalue weighted by Gasteiger charge is -2.11. The smallest absolute Gasteiger partial charge is 0.337 e. The number of hydrogen-bond donors (Lipinski definition) is 1. The van der Waals surface area contributed by atoms with Gasteiger partial charge in [0.15, 0.2) is 7.85 Å². The molecule has 0 radical (unpaired) electrons. The van der Waals surface area contributed by atoms with E-state index in [0.29, 0.717) is 12.1 Å². The maximum absolute atomic E-state index is 11.8. The van der Waals surface area contributed by atoms with Crippen molar-refractivity contribution in [2.45, 2.75) is 32.7 Å². The van der Waals surface area contributed by atoms with Gasteiger partial charge in [0.05, 0.1) is 11.1 Å². The monoisotopic (exact) mass is 347 g/mol. The largest absolute Gasteiger partial charge is 0.478 e. The Morgan fingerprint density at radius 3 is 2.69 bits per heavy atom. The summed E-state index contributed by atoms with van der Waals surface area (Å²) in [7, 11) is 2.08. The molecule has 0 spiro atoms. The fourth-order valence-corrected chi connectivity index (χ4v) is 3.33. The van der Waals surface area contributed by atoms with Crippen LogP contribution in [-0.4, -0.2) is 23.5 Å². The van der Waals surface area contributed by atoms with Crippen LogP contribution in [0.15, 0.2) is 67.3 Å². The van der Waals surface area contributed by atoms with Crippen molar-refractivity contribution in [3.63, 3.8) is 0 Å². The molecule has 1 N–H and O–H groups in total. The number of carbonyl (C=O) groups is 1. The molecular formula is C22H26BNO2. The number of carboxylic acid groups (broad SMARTS) is 1. The van der Waals surface area contributed by atoms with Crippen LogP contribution in [0.3, 0.4) is 0 Å². The summed E-state index contributed by atoms with van der Waals surface area (Å²) in [6, 6.07) is 5.55. The van der Waals surface area contributed by atoms with E-state index in [-0.39, 0.29) is 0 Å². The molecule has 3 nitrogen and oxygen atoms in total. The van der Waals surface area contributed by atoms with E-state index in [2.05, 4.69) is 32.5 Å². The highest BCUT2D eigenvalue weighted by molar-refractivity contribution is 6.34. The molecule has 0 aliphatic carbocycles. The van der Waals surface area contributed by atoms with Gasteiger partial charge >= 0.3 is 5.97 Å². The lowest BCUT2D eigenvalue weighted by Crippen LogP contribution is -2.21. The molecular weight excluding hydrogens is 321 g/mol. The number of aromatic carboxylic acids is 1. The first-order chi connectivity index (χ1) is 12.5. The molecule has 2 rings (SSSR count). The van der Waals surface area contributed by atoms with Crippen LogP contribution in [0.2, 0.25) is 0 Å². The lowest BCUT2D eigenvalue weighted by atomic mass is 9.94. The predicted molar refractivity (Wildman–Crippen MR) is 113 cm³/mol. The summed E-state index contributed by atoms with van der Waals surface area (Å²) >= 11 is 0. The zero-order valence-electron chi connectivity index (χ0n) is 15.7. The van der Waals surface area contributed by atoms with Gasteiger partial charge in [0, 0.05) is 11.9 Å². The number of nitrogens with zero attached hydrogens (tertiary/aromatic N) is 1. The van der Waals surface area contributed by atoms with Crippen LogP contribution in [-0.2, 0) is 13.0 Å². The first-order valence-electron chi connectivity index (χ1n) is 8.99. The van der Waals surface area contributed by atoms with E-state index in [1.165, 1.54) is 5.56 Å². The normalized spacial score (nSPS) is 12.0. The van der Waals surface area contributed by atoms with Gasteiger partial charge in [-0.1, -0.05) is 69.0 Å². The van der Waals surface area contributed by atoms with Crippen molar-refractivity contribution in [1.29, 1.82) is 0 Å². The third kappa shape index (κ3) is 4.08. The molecule has 0 bridgehead atoms. The van der Waals surface area contributed by atoms with Gasteiger partial charge < -0.3 is 9.67 Å². The number of rotatable bonds is 9. The number of unbranched alkanes of at least 4 members (excludes halogenated alkanes) is 1. The zero-order valence-corrected chi connectivity index (χ0v) is 15.7. The minimum absolute atomic E-state index is 0.346. The average Bonchev–Trinajstić information content (AvgIpc) is 2.89. The zero-order chi connectivity index (χ0) is 19.1. The summed E-state index contributed by atoms with van der Waals surface area (Å²) in [5.41, 5.74) is 4.56. The fraction of sp³-hybridized carbons (Fsp3) is 0.227. The topological polar surface area (TPSA) is 42.2 Å². The van der Waals surface area contributed by atoms with Crippen LogP contribution >= 0.6 is 0 Å². The minimum Gasteiger partial charge on any atom is -0.478 e. The van der Waals surface area contributed by atoms with Crippen LogP contribution in [0, 0.1) is 0 Å². The minimum atomic E-state index is -0.896. The highest BCUT2D eigenvalue weighted by atomic mass is 16.4. The van der Waals surface area contributed by atoms with Crippen LogP contribution < -0.4 is 5.59 Å². The van der Waals surface area contributed by atoms with Gasteiger partial charge in [-0.15, -0.1) is 0 Å². The summed E-state index contributed by atoms with van der Waals surface area (Å²) in [6.45, 7) is 10.3. The number of allylic oxidation sites excluding steroid dienone is 6. The summed E-state index contributed by atoms with van der Waals surface area (Å²) < 4.78 is 2.12. The number of hydrogen-bond acceptors (Lipinski definition) is 1. The predicted octanol–water partition coefficient (Wildman–Crippen LogP) is 3.80. The van der Waals surface area contributed by atoms with Gasteiger partial charge in [0.2, 0.25) is 0 Å². The van der Waals surface area contributed by atoms with Crippen molar-refractivity contribution in [2.75, 3.05) is 0 Å². The second-order valence-electron chi connectivity index (χ2n) is 6.33. The Hall–Kier alpha value is -2.75. The first-order valence-corrected chi connectivity index (χ1v) is 8.99. The Bertz CT molecular complexity index is 887. The van der Waals surface area contributed by atoms with Crippen molar-refractivity contribution in [3.05, 3.63) is 78.4 Å². The molecule has 0 fully saturated rings. The van der Waals surface area contributed by atoms with E-state index in [1.807, 2.05) is 30.4 Å². The van der Waals surface area contributed by atoms with E-state index >= 15 is 0 Å². The van der Waals surface area contributed by atoms with Crippen molar-refractivity contribution in [2.24, 2.45) is 0 Å². The third-order valence-electron chi connectivity index (χ3n) is 4.60. The molecule has 134 valence electrons. The number of carboxylic acids is 1. The molecule has 0 saturated carbocycles. The molecule has 4 heteroatoms. The average molecular weight is 347 g/mol. The van der Waals surface area contributed by atoms with Crippen LogP contribution in [0.5, 0.6) is 0 Å². The van der Waals surface area contributed by atoms with Gasteiger partial charge in [-0.2, -0.15) is 0 Å². The highest BCUT2D eigenvalue weighted by Gasteiger charge is 2.19. The molecule has 0 aliphatic rings. The highest BCUT2D eigenvalue weighted by Crippen LogP contribution is 2.26. The molecule has 1 aromatic carbocycles. The number of para-hydroxylation sites is 1. The van der Waals surface area contributed by atoms with Crippen LogP contribution in [0.4, 0.5) is 0 Å². The molecule has 0 unspecified atom stereocenters. The summed E-state index contributed by atoms with van der Waals surface area (Å²) in [4.78, 5) is 11.8. The van der Waals surface area contributed by atoms with E-state index in [4.69, 9.17) is 0 Å². The van der Waals surface area contributed by atoms with Gasteiger partial charge in [-0.05, 0) is 35.6 Å². The standard InChI is InChI=1S/C22H26BNO2/c1-4-7-11-16(10-6-3)15-24-20-17(13-9-14-19(20)22(25)26)18(21(24)23)12-8-5-2/h4,6-7,9-11,13-14H,1,3,5,8,12,15,23H2,2H3,(H,25,26)/b11-7-,16-10+. The Morgan fingerprint density at radius 2 is 2.08 bits per heavy atom. The number of benzene rings is 1. The fourth-order valence-electron chi connectivity index (χ4n) is 3.33. The molecule has 1 heterocycles. The molecule has 0 amide bonds. The molecule has 2 aromatic rings. The summed E-state index contributed by atoms with van der Waals surface area (Å²) in [5, 5.41) is 10.7. The number of aryl methyl sites for hydroxylation is 1. The van der Waals surface area contributed by atoms with E-state index in [1.54, 1.807) is 18.2 Å². The van der Waals surface area contributed by atoms with Gasteiger partial charge in [-0.3, -0.25) is 0 Å². The quantitative estimate of drug-likeness (QED) is 0.554. The van der Waals surface area contributed by atoms with E-state index < -0.39 is 5.97 Å². The van der Waals surface area contributed by atoms with Crippen LogP contribution in [0.1, 0.15) is 35.7 Å². The van der Waals surface area contributed by atoms with E-state index in [9.17, 15) is 9.90 Å². The maximum Gasteiger partial charge on any atom is 0.337 e. The van der Waals surface area contributed by atoms with Gasteiger partial charge in [-0.25, -0.2) is 4.79 Å². The Labute approximate surface area is 156 Å². The van der Waals surface area contributed by atoms with Crippen molar-refractivity contribution >= 4 is 30.3 Å². The summed E-state index contributed by atoms with van der Waals surface area (Å²) in [5.74, 6) is -0.896. The van der Waals surface area contributed by atoms with Crippen LogP contribution in [0.25, 0.3) is 10.9 Å². The van der Waals surface area contributed by atoms with Crippen molar-refractivity contribution in [1.82, 2.24) is 4.57 Å². The lowest BCUT2D eigenvalue weighted by molar-refractivity contribution is 0.0698.